The fourth-order valence-electron chi connectivity index (χ4n) is 2.20. The summed E-state index contributed by atoms with van der Waals surface area (Å²) in [6, 6.07) is 10.2. The summed E-state index contributed by atoms with van der Waals surface area (Å²) in [5, 5.41) is 2.88. The summed E-state index contributed by atoms with van der Waals surface area (Å²) in [5.41, 5.74) is 2.18. The SMILES string of the molecule is COc1ncc(C)nc1C(=O)NCCC(C)c1ccccc1. The van der Waals surface area contributed by atoms with Gasteiger partial charge in [0, 0.05) is 6.54 Å². The molecule has 1 aromatic carbocycles. The molecule has 0 aliphatic carbocycles. The molecule has 1 heterocycles. The minimum atomic E-state index is -0.256. The maximum atomic E-state index is 12.2. The van der Waals surface area contributed by atoms with Crippen molar-refractivity contribution >= 4 is 5.91 Å². The summed E-state index contributed by atoms with van der Waals surface area (Å²) >= 11 is 0. The van der Waals surface area contributed by atoms with Gasteiger partial charge in [0.1, 0.15) is 0 Å². The number of carbonyl (C=O) groups is 1. The van der Waals surface area contributed by atoms with Gasteiger partial charge in [-0.15, -0.1) is 0 Å². The molecule has 1 N–H and O–H groups in total. The Hall–Kier alpha value is -2.43. The van der Waals surface area contributed by atoms with Crippen LogP contribution in [-0.4, -0.2) is 29.5 Å². The first kappa shape index (κ1) is 15.9. The number of aryl methyl sites for hydroxylation is 1. The fourth-order valence-corrected chi connectivity index (χ4v) is 2.20. The third kappa shape index (κ3) is 4.04. The standard InChI is InChI=1S/C17H21N3O2/c1-12(14-7-5-4-6-8-14)9-10-18-16(21)15-17(22-3)19-11-13(2)20-15/h4-8,11-12H,9-10H2,1-3H3,(H,18,21). The van der Waals surface area contributed by atoms with E-state index in [0.717, 1.165) is 6.42 Å². The lowest BCUT2D eigenvalue weighted by Gasteiger charge is -2.13. The van der Waals surface area contributed by atoms with Gasteiger partial charge < -0.3 is 10.1 Å². The van der Waals surface area contributed by atoms with Gasteiger partial charge in [0.2, 0.25) is 5.88 Å². The van der Waals surface area contributed by atoms with Gasteiger partial charge in [-0.1, -0.05) is 37.3 Å². The van der Waals surface area contributed by atoms with E-state index in [4.69, 9.17) is 4.74 Å². The molecule has 0 saturated carbocycles. The van der Waals surface area contributed by atoms with E-state index in [0.29, 0.717) is 18.2 Å². The zero-order valence-corrected chi connectivity index (χ0v) is 13.2. The van der Waals surface area contributed by atoms with Crippen LogP contribution in [0.2, 0.25) is 0 Å². The molecule has 2 rings (SSSR count). The Morgan fingerprint density at radius 3 is 2.73 bits per heavy atom. The van der Waals surface area contributed by atoms with Gasteiger partial charge in [0.05, 0.1) is 19.0 Å². The molecule has 0 aliphatic heterocycles. The third-order valence-electron chi connectivity index (χ3n) is 3.50. The minimum absolute atomic E-state index is 0.231. The smallest absolute Gasteiger partial charge is 0.275 e. The Balaban J connectivity index is 1.92. The Labute approximate surface area is 130 Å². The zero-order chi connectivity index (χ0) is 15.9. The third-order valence-corrected chi connectivity index (χ3v) is 3.50. The first-order chi connectivity index (χ1) is 10.6. The number of hydrogen-bond donors (Lipinski definition) is 1. The van der Waals surface area contributed by atoms with Crippen molar-refractivity contribution in [3.05, 3.63) is 53.5 Å². The largest absolute Gasteiger partial charge is 0.479 e. The molecule has 0 radical (unpaired) electrons. The maximum Gasteiger partial charge on any atom is 0.275 e. The number of ether oxygens (including phenoxy) is 1. The van der Waals surface area contributed by atoms with Crippen LogP contribution in [0.1, 0.15) is 41.0 Å². The summed E-state index contributed by atoms with van der Waals surface area (Å²) < 4.78 is 5.08. The molecule has 1 atom stereocenters. The highest BCUT2D eigenvalue weighted by molar-refractivity contribution is 5.94. The van der Waals surface area contributed by atoms with Crippen molar-refractivity contribution in [2.75, 3.05) is 13.7 Å². The molecular weight excluding hydrogens is 278 g/mol. The second-order valence-electron chi connectivity index (χ2n) is 5.23. The molecule has 1 aromatic heterocycles. The predicted molar refractivity (Wildman–Crippen MR) is 85.1 cm³/mol. The molecule has 2 aromatic rings. The molecule has 1 unspecified atom stereocenters. The minimum Gasteiger partial charge on any atom is -0.479 e. The van der Waals surface area contributed by atoms with Gasteiger partial charge in [-0.05, 0) is 24.8 Å². The Morgan fingerprint density at radius 2 is 2.05 bits per heavy atom. The van der Waals surface area contributed by atoms with Crippen molar-refractivity contribution in [1.29, 1.82) is 0 Å². The number of carbonyl (C=O) groups excluding carboxylic acids is 1. The molecule has 5 heteroatoms. The molecule has 0 saturated heterocycles. The molecule has 0 spiro atoms. The van der Waals surface area contributed by atoms with Crippen LogP contribution in [0.3, 0.4) is 0 Å². The van der Waals surface area contributed by atoms with E-state index < -0.39 is 0 Å². The van der Waals surface area contributed by atoms with Crippen LogP contribution >= 0.6 is 0 Å². The predicted octanol–water partition coefficient (Wildman–Crippen LogP) is 2.72. The van der Waals surface area contributed by atoms with Crippen molar-refractivity contribution in [3.63, 3.8) is 0 Å². The highest BCUT2D eigenvalue weighted by Crippen LogP contribution is 2.18. The number of benzene rings is 1. The van der Waals surface area contributed by atoms with Crippen LogP contribution in [0.5, 0.6) is 5.88 Å². The van der Waals surface area contributed by atoms with Crippen molar-refractivity contribution < 1.29 is 9.53 Å². The van der Waals surface area contributed by atoms with Crippen molar-refractivity contribution in [3.8, 4) is 5.88 Å². The van der Waals surface area contributed by atoms with E-state index in [1.807, 2.05) is 18.2 Å². The normalized spacial score (nSPS) is 11.8. The Kier molecular flexibility index (Phi) is 5.47. The Bertz CT molecular complexity index is 629. The molecule has 0 bridgehead atoms. The van der Waals surface area contributed by atoms with E-state index in [2.05, 4.69) is 34.3 Å². The fraction of sp³-hybridized carbons (Fsp3) is 0.353. The number of nitrogens with one attached hydrogen (secondary N) is 1. The molecule has 1 amide bonds. The van der Waals surface area contributed by atoms with Gasteiger partial charge in [-0.25, -0.2) is 9.97 Å². The molecule has 5 nitrogen and oxygen atoms in total. The van der Waals surface area contributed by atoms with E-state index in [9.17, 15) is 4.79 Å². The average Bonchev–Trinajstić information content (AvgIpc) is 2.55. The topological polar surface area (TPSA) is 64.1 Å². The maximum absolute atomic E-state index is 12.2. The number of methoxy groups -OCH3 is 1. The van der Waals surface area contributed by atoms with Crippen LogP contribution in [-0.2, 0) is 0 Å². The van der Waals surface area contributed by atoms with Crippen LogP contribution in [0.25, 0.3) is 0 Å². The van der Waals surface area contributed by atoms with Gasteiger partial charge in [0.25, 0.3) is 5.91 Å². The van der Waals surface area contributed by atoms with E-state index in [-0.39, 0.29) is 17.5 Å². The molecule has 0 fully saturated rings. The first-order valence-corrected chi connectivity index (χ1v) is 7.32. The van der Waals surface area contributed by atoms with Crippen LogP contribution < -0.4 is 10.1 Å². The molecule has 0 aliphatic rings. The zero-order valence-electron chi connectivity index (χ0n) is 13.2. The molecular formula is C17H21N3O2. The molecule has 22 heavy (non-hydrogen) atoms. The van der Waals surface area contributed by atoms with E-state index in [1.54, 1.807) is 13.1 Å². The highest BCUT2D eigenvalue weighted by atomic mass is 16.5. The highest BCUT2D eigenvalue weighted by Gasteiger charge is 2.16. The lowest BCUT2D eigenvalue weighted by molar-refractivity contribution is 0.0943. The summed E-state index contributed by atoms with van der Waals surface area (Å²) in [5.74, 6) is 0.375. The number of hydrogen-bond acceptors (Lipinski definition) is 4. The summed E-state index contributed by atoms with van der Waals surface area (Å²) in [6.07, 6.45) is 2.43. The first-order valence-electron chi connectivity index (χ1n) is 7.32. The second-order valence-corrected chi connectivity index (χ2v) is 5.23. The van der Waals surface area contributed by atoms with Gasteiger partial charge in [0.15, 0.2) is 5.69 Å². The van der Waals surface area contributed by atoms with Gasteiger partial charge in [-0.2, -0.15) is 0 Å². The van der Waals surface area contributed by atoms with Crippen LogP contribution in [0.4, 0.5) is 0 Å². The lowest BCUT2D eigenvalue weighted by atomic mass is 9.98. The quantitative estimate of drug-likeness (QED) is 0.890. The van der Waals surface area contributed by atoms with Crippen LogP contribution in [0, 0.1) is 6.92 Å². The number of nitrogens with zero attached hydrogens (tertiary/aromatic N) is 2. The monoisotopic (exact) mass is 299 g/mol. The lowest BCUT2D eigenvalue weighted by Crippen LogP contribution is -2.27. The number of amides is 1. The van der Waals surface area contributed by atoms with E-state index in [1.165, 1.54) is 12.7 Å². The van der Waals surface area contributed by atoms with Crippen molar-refractivity contribution in [2.24, 2.45) is 0 Å². The summed E-state index contributed by atoms with van der Waals surface area (Å²) in [6.45, 7) is 4.52. The van der Waals surface area contributed by atoms with Crippen molar-refractivity contribution in [1.82, 2.24) is 15.3 Å². The van der Waals surface area contributed by atoms with Gasteiger partial charge >= 0.3 is 0 Å². The second kappa shape index (κ2) is 7.54. The Morgan fingerprint density at radius 1 is 1.32 bits per heavy atom. The van der Waals surface area contributed by atoms with Crippen molar-refractivity contribution in [2.45, 2.75) is 26.2 Å². The number of rotatable bonds is 6. The summed E-state index contributed by atoms with van der Waals surface area (Å²) in [7, 11) is 1.48. The number of aromatic nitrogens is 2. The molecule has 116 valence electrons. The van der Waals surface area contributed by atoms with Gasteiger partial charge in [-0.3, -0.25) is 4.79 Å². The average molecular weight is 299 g/mol. The van der Waals surface area contributed by atoms with Crippen LogP contribution in [0.15, 0.2) is 36.5 Å². The van der Waals surface area contributed by atoms with E-state index >= 15 is 0 Å². The summed E-state index contributed by atoms with van der Waals surface area (Å²) in [4.78, 5) is 20.5.